The molecule has 0 aromatic heterocycles. The van der Waals surface area contributed by atoms with E-state index in [0.717, 1.165) is 18.2 Å². The first-order chi connectivity index (χ1) is 4.25. The molecule has 0 unspecified atom stereocenters. The van der Waals surface area contributed by atoms with E-state index >= 15 is 0 Å². The smallest absolute Gasteiger partial charge is 0.312 e. The molecule has 0 amide bonds. The minimum atomic E-state index is -0.144. The van der Waals surface area contributed by atoms with Crippen LogP contribution >= 0.6 is 15.9 Å². The van der Waals surface area contributed by atoms with E-state index in [0.29, 0.717) is 0 Å². The zero-order chi connectivity index (χ0) is 6.91. The normalized spacial score (nSPS) is 21.1. The van der Waals surface area contributed by atoms with Crippen molar-refractivity contribution in [2.75, 3.05) is 12.4 Å². The summed E-state index contributed by atoms with van der Waals surface area (Å²) in [4.78, 5) is 10.9. The molecule has 1 aliphatic rings. The highest BCUT2D eigenvalue weighted by atomic mass is 79.9. The number of carbonyl (C=O) groups excluding carboxylic acids is 1. The summed E-state index contributed by atoms with van der Waals surface area (Å²) in [5.74, 6) is -0.0700. The first kappa shape index (κ1) is 7.06. The number of hydrogen-bond donors (Lipinski definition) is 0. The second kappa shape index (κ2) is 2.29. The van der Waals surface area contributed by atoms with Crippen LogP contribution in [0.25, 0.3) is 0 Å². The van der Waals surface area contributed by atoms with Gasteiger partial charge in [0.15, 0.2) is 0 Å². The Kier molecular flexibility index (Phi) is 1.80. The van der Waals surface area contributed by atoms with E-state index in [1.807, 2.05) is 0 Å². The SMILES string of the molecule is COC(=O)C1(CBr)CC1. The molecule has 2 nitrogen and oxygen atoms in total. The fraction of sp³-hybridized carbons (Fsp3) is 0.833. The van der Waals surface area contributed by atoms with E-state index in [1.54, 1.807) is 0 Å². The fourth-order valence-corrected chi connectivity index (χ4v) is 1.55. The molecule has 0 saturated heterocycles. The van der Waals surface area contributed by atoms with Crippen molar-refractivity contribution >= 4 is 21.9 Å². The monoisotopic (exact) mass is 192 g/mol. The Balaban J connectivity index is 2.49. The molecule has 0 atom stereocenters. The van der Waals surface area contributed by atoms with E-state index < -0.39 is 0 Å². The lowest BCUT2D eigenvalue weighted by molar-refractivity contribution is -0.146. The second-order valence-corrected chi connectivity index (χ2v) is 2.97. The van der Waals surface area contributed by atoms with Crippen LogP contribution in [0.1, 0.15) is 12.8 Å². The first-order valence-electron chi connectivity index (χ1n) is 2.89. The number of rotatable bonds is 2. The summed E-state index contributed by atoms with van der Waals surface area (Å²) in [6, 6.07) is 0. The fourth-order valence-electron chi connectivity index (χ4n) is 0.760. The molecule has 1 fully saturated rings. The van der Waals surface area contributed by atoms with Crippen LogP contribution in [-0.4, -0.2) is 18.4 Å². The summed E-state index contributed by atoms with van der Waals surface area (Å²) in [7, 11) is 1.44. The molecule has 0 spiro atoms. The van der Waals surface area contributed by atoms with Crippen molar-refractivity contribution in [1.29, 1.82) is 0 Å². The summed E-state index contributed by atoms with van der Waals surface area (Å²) in [6.07, 6.45) is 1.95. The molecule has 1 aliphatic carbocycles. The van der Waals surface area contributed by atoms with Gasteiger partial charge in [0.25, 0.3) is 0 Å². The average molecular weight is 193 g/mol. The zero-order valence-electron chi connectivity index (χ0n) is 5.32. The predicted molar refractivity (Wildman–Crippen MR) is 37.5 cm³/mol. The van der Waals surface area contributed by atoms with Gasteiger partial charge in [0, 0.05) is 5.33 Å². The zero-order valence-corrected chi connectivity index (χ0v) is 6.90. The largest absolute Gasteiger partial charge is 0.469 e. The van der Waals surface area contributed by atoms with Crippen LogP contribution in [0, 0.1) is 5.41 Å². The molecular weight excluding hydrogens is 184 g/mol. The van der Waals surface area contributed by atoms with Gasteiger partial charge in [0.2, 0.25) is 0 Å². The van der Waals surface area contributed by atoms with Crippen molar-refractivity contribution in [2.24, 2.45) is 5.41 Å². The van der Waals surface area contributed by atoms with Gasteiger partial charge in [0.1, 0.15) is 0 Å². The number of methoxy groups -OCH3 is 1. The third kappa shape index (κ3) is 1.11. The van der Waals surface area contributed by atoms with Gasteiger partial charge >= 0.3 is 5.97 Å². The van der Waals surface area contributed by atoms with Crippen LogP contribution in [0.4, 0.5) is 0 Å². The maximum Gasteiger partial charge on any atom is 0.312 e. The van der Waals surface area contributed by atoms with Gasteiger partial charge < -0.3 is 4.74 Å². The van der Waals surface area contributed by atoms with Gasteiger partial charge in [-0.15, -0.1) is 0 Å². The van der Waals surface area contributed by atoms with Crippen molar-refractivity contribution in [3.8, 4) is 0 Å². The third-order valence-electron chi connectivity index (χ3n) is 1.73. The van der Waals surface area contributed by atoms with Crippen LogP contribution in [0.5, 0.6) is 0 Å². The molecule has 1 saturated carbocycles. The second-order valence-electron chi connectivity index (χ2n) is 2.41. The molecule has 0 aromatic rings. The van der Waals surface area contributed by atoms with Crippen LogP contribution in [0.3, 0.4) is 0 Å². The Hall–Kier alpha value is -0.0500. The molecule has 0 aromatic carbocycles. The highest BCUT2D eigenvalue weighted by Gasteiger charge is 2.49. The molecule has 0 radical (unpaired) electrons. The van der Waals surface area contributed by atoms with Crippen LogP contribution in [-0.2, 0) is 9.53 Å². The number of carbonyl (C=O) groups is 1. The lowest BCUT2D eigenvalue weighted by atomic mass is 10.1. The Labute approximate surface area is 62.7 Å². The van der Waals surface area contributed by atoms with Crippen molar-refractivity contribution in [3.05, 3.63) is 0 Å². The molecule has 1 rings (SSSR count). The van der Waals surface area contributed by atoms with E-state index in [1.165, 1.54) is 7.11 Å². The van der Waals surface area contributed by atoms with Crippen LogP contribution < -0.4 is 0 Å². The van der Waals surface area contributed by atoms with Gasteiger partial charge in [-0.1, -0.05) is 15.9 Å². The Morgan fingerprint density at radius 1 is 1.78 bits per heavy atom. The van der Waals surface area contributed by atoms with Gasteiger partial charge in [0.05, 0.1) is 12.5 Å². The lowest BCUT2D eigenvalue weighted by Crippen LogP contribution is -2.18. The van der Waals surface area contributed by atoms with Gasteiger partial charge in [-0.05, 0) is 12.8 Å². The number of hydrogen-bond acceptors (Lipinski definition) is 2. The van der Waals surface area contributed by atoms with Crippen LogP contribution in [0.15, 0.2) is 0 Å². The van der Waals surface area contributed by atoms with Crippen molar-refractivity contribution in [1.82, 2.24) is 0 Å². The number of ether oxygens (including phenoxy) is 1. The maximum absolute atomic E-state index is 10.9. The first-order valence-corrected chi connectivity index (χ1v) is 4.02. The molecule has 0 bridgehead atoms. The summed E-state index contributed by atoms with van der Waals surface area (Å²) < 4.78 is 4.60. The maximum atomic E-state index is 10.9. The van der Waals surface area contributed by atoms with E-state index in [9.17, 15) is 4.79 Å². The molecule has 52 valence electrons. The van der Waals surface area contributed by atoms with Crippen molar-refractivity contribution < 1.29 is 9.53 Å². The van der Waals surface area contributed by atoms with E-state index in [4.69, 9.17) is 0 Å². The molecule has 9 heavy (non-hydrogen) atoms. The molecule has 0 heterocycles. The van der Waals surface area contributed by atoms with Gasteiger partial charge in [-0.2, -0.15) is 0 Å². The topological polar surface area (TPSA) is 26.3 Å². The Bertz CT molecular complexity index is 129. The average Bonchev–Trinajstić information content (AvgIpc) is 2.66. The molecule has 0 N–H and O–H groups in total. The minimum absolute atomic E-state index is 0.0700. The van der Waals surface area contributed by atoms with E-state index in [-0.39, 0.29) is 11.4 Å². The summed E-state index contributed by atoms with van der Waals surface area (Å²) >= 11 is 3.27. The van der Waals surface area contributed by atoms with Gasteiger partial charge in [-0.25, -0.2) is 0 Å². The molecular formula is C6H9BrO2. The summed E-state index contributed by atoms with van der Waals surface area (Å²) in [5, 5.41) is 0.743. The lowest BCUT2D eigenvalue weighted by Gasteiger charge is -2.06. The molecule has 0 aliphatic heterocycles. The standard InChI is InChI=1S/C6H9BrO2/c1-9-5(8)6(4-7)2-3-6/h2-4H2,1H3. The van der Waals surface area contributed by atoms with Crippen LogP contribution in [0.2, 0.25) is 0 Å². The highest BCUT2D eigenvalue weighted by molar-refractivity contribution is 9.09. The summed E-state index contributed by atoms with van der Waals surface area (Å²) in [5.41, 5.74) is -0.144. The van der Waals surface area contributed by atoms with E-state index in [2.05, 4.69) is 20.7 Å². The Morgan fingerprint density at radius 3 is 2.44 bits per heavy atom. The number of halogens is 1. The summed E-state index contributed by atoms with van der Waals surface area (Å²) in [6.45, 7) is 0. The number of esters is 1. The predicted octanol–water partition coefficient (Wildman–Crippen LogP) is 1.33. The van der Waals surface area contributed by atoms with Gasteiger partial charge in [-0.3, -0.25) is 4.79 Å². The number of alkyl halides is 1. The molecule has 3 heteroatoms. The quantitative estimate of drug-likeness (QED) is 0.488. The Morgan fingerprint density at radius 2 is 2.33 bits per heavy atom. The highest BCUT2D eigenvalue weighted by Crippen LogP contribution is 2.47. The van der Waals surface area contributed by atoms with Crippen molar-refractivity contribution in [2.45, 2.75) is 12.8 Å². The third-order valence-corrected chi connectivity index (χ3v) is 2.80. The van der Waals surface area contributed by atoms with Crippen molar-refractivity contribution in [3.63, 3.8) is 0 Å². The minimum Gasteiger partial charge on any atom is -0.469 e.